The molecule has 8 heteroatoms. The molecule has 1 aliphatic rings. The van der Waals surface area contributed by atoms with Crippen molar-refractivity contribution in [2.45, 2.75) is 250 Å². The number of nitrogens with zero attached hydrogens (tertiary/aromatic N) is 1. The number of rotatable bonds is 36. The van der Waals surface area contributed by atoms with Crippen molar-refractivity contribution >= 4 is 6.09 Å². The van der Waals surface area contributed by atoms with E-state index in [0.717, 1.165) is 38.5 Å². The lowest BCUT2D eigenvalue weighted by Gasteiger charge is -2.44. The molecule has 0 spiro atoms. The Bertz CT molecular complexity index is 756. The molecule has 0 aromatic carbocycles. The minimum Gasteiger partial charge on any atom is -0.449 e. The topological polar surface area (TPSA) is 125 Å². The highest BCUT2D eigenvalue weighted by Crippen LogP contribution is 2.24. The maximum Gasteiger partial charge on any atom is 0.411 e. The van der Waals surface area contributed by atoms with Gasteiger partial charge in [0.05, 0.1) is 19.3 Å². The van der Waals surface area contributed by atoms with Gasteiger partial charge in [-0.3, -0.25) is 4.90 Å². The molecule has 5 atom stereocenters. The highest BCUT2D eigenvalue weighted by Gasteiger charge is 2.46. The van der Waals surface area contributed by atoms with Crippen molar-refractivity contribution in [3.8, 4) is 0 Å². The van der Waals surface area contributed by atoms with Gasteiger partial charge in [0, 0.05) is 6.54 Å². The van der Waals surface area contributed by atoms with E-state index < -0.39 is 43.3 Å². The molecule has 1 saturated heterocycles. The van der Waals surface area contributed by atoms with Crippen LogP contribution in [0.3, 0.4) is 0 Å². The van der Waals surface area contributed by atoms with Crippen molar-refractivity contribution in [1.29, 1.82) is 0 Å². The lowest BCUT2D eigenvalue weighted by Crippen LogP contribution is -2.67. The van der Waals surface area contributed by atoms with Crippen molar-refractivity contribution in [1.82, 2.24) is 4.90 Å². The van der Waals surface area contributed by atoms with Crippen molar-refractivity contribution in [3.05, 3.63) is 0 Å². The average molecular weight is 727 g/mol. The van der Waals surface area contributed by atoms with Crippen molar-refractivity contribution < 1.29 is 29.6 Å². The molecule has 0 aromatic heterocycles. The van der Waals surface area contributed by atoms with Crippen LogP contribution in [-0.2, 0) is 9.47 Å². The van der Waals surface area contributed by atoms with Gasteiger partial charge in [0.15, 0.2) is 6.23 Å². The van der Waals surface area contributed by atoms with Gasteiger partial charge in [0.2, 0.25) is 0 Å². The fourth-order valence-corrected chi connectivity index (χ4v) is 7.44. The Morgan fingerprint density at radius 3 is 1.24 bits per heavy atom. The first-order valence-electron chi connectivity index (χ1n) is 22.3. The van der Waals surface area contributed by atoms with Crippen molar-refractivity contribution in [3.63, 3.8) is 0 Å². The molecule has 0 unspecified atom stereocenters. The second-order valence-electron chi connectivity index (χ2n) is 15.7. The van der Waals surface area contributed by atoms with E-state index in [0.29, 0.717) is 13.2 Å². The first kappa shape index (κ1) is 48.1. The molecule has 0 radical (unpaired) electrons. The summed E-state index contributed by atoms with van der Waals surface area (Å²) in [5.74, 6) is 0. The third kappa shape index (κ3) is 24.9. The van der Waals surface area contributed by atoms with Crippen LogP contribution in [0.15, 0.2) is 0 Å². The molecule has 0 aliphatic carbocycles. The number of hydrogen-bond acceptors (Lipinski definition) is 7. The molecule has 0 aromatic rings. The zero-order chi connectivity index (χ0) is 37.2. The van der Waals surface area contributed by atoms with Crippen LogP contribution in [0, 0.1) is 0 Å². The number of nitrogens with two attached hydrogens (primary N) is 1. The number of carbonyl (C=O) groups is 1. The van der Waals surface area contributed by atoms with Crippen LogP contribution in [0.25, 0.3) is 0 Å². The van der Waals surface area contributed by atoms with E-state index >= 15 is 0 Å². The largest absolute Gasteiger partial charge is 0.449 e. The molecular weight excluding hydrogens is 640 g/mol. The van der Waals surface area contributed by atoms with E-state index in [1.54, 1.807) is 0 Å². The summed E-state index contributed by atoms with van der Waals surface area (Å²) in [6.45, 7) is 4.81. The van der Waals surface area contributed by atoms with E-state index in [1.165, 1.54) is 172 Å². The van der Waals surface area contributed by atoms with Gasteiger partial charge in [0.1, 0.15) is 18.3 Å². The SMILES string of the molecule is CCCCCCCCCCCCCCCCCCOC(=O)N(CCCCCCCCCCCCCCCCCC)[C@@H]1O[C@H](CO)[C@@H](O)[C@H](O)[C@H]1N. The fourth-order valence-electron chi connectivity index (χ4n) is 7.44. The quantitative estimate of drug-likeness (QED) is 0.0474. The standard InChI is InChI=1S/C43H86N2O6/c1-3-5-7-9-11-13-15-17-19-21-23-25-27-29-31-33-35-45(42-39(44)41(48)40(47)38(37-46)51-42)43(49)50-36-34-32-30-28-26-24-22-20-18-16-14-12-10-8-6-4-2/h38-42,46-48H,3-37,44H2,1-2H3/t38-,39-,40-,41-,42-/m1/s1. The molecule has 1 aliphatic heterocycles. The highest BCUT2D eigenvalue weighted by atomic mass is 16.6. The fraction of sp³-hybridized carbons (Fsp3) is 0.977. The normalized spacial score (nSPS) is 20.5. The van der Waals surface area contributed by atoms with E-state index in [1.807, 2.05) is 0 Å². The number of unbranched alkanes of at least 4 members (excludes halogenated alkanes) is 30. The summed E-state index contributed by atoms with van der Waals surface area (Å²) in [5, 5.41) is 30.6. The van der Waals surface area contributed by atoms with Crippen LogP contribution in [-0.4, -0.2) is 76.7 Å². The molecule has 8 nitrogen and oxygen atoms in total. The van der Waals surface area contributed by atoms with Crippen molar-refractivity contribution in [2.24, 2.45) is 5.73 Å². The minimum absolute atomic E-state index is 0.337. The van der Waals surface area contributed by atoms with Crippen LogP contribution < -0.4 is 5.73 Å². The Hall–Kier alpha value is -0.930. The molecule has 1 amide bonds. The van der Waals surface area contributed by atoms with Crippen LogP contribution in [0.5, 0.6) is 0 Å². The maximum absolute atomic E-state index is 13.3. The first-order chi connectivity index (χ1) is 25.0. The Kier molecular flexibility index (Phi) is 32.8. The van der Waals surface area contributed by atoms with Crippen LogP contribution >= 0.6 is 0 Å². The zero-order valence-corrected chi connectivity index (χ0v) is 33.7. The lowest BCUT2D eigenvalue weighted by molar-refractivity contribution is -0.221. The number of hydrogen-bond donors (Lipinski definition) is 4. The summed E-state index contributed by atoms with van der Waals surface area (Å²) in [6.07, 6.45) is 35.9. The van der Waals surface area contributed by atoms with E-state index in [2.05, 4.69) is 13.8 Å². The molecule has 1 heterocycles. The van der Waals surface area contributed by atoms with Gasteiger partial charge < -0.3 is 30.5 Å². The molecule has 51 heavy (non-hydrogen) atoms. The summed E-state index contributed by atoms with van der Waals surface area (Å²) in [7, 11) is 0. The number of aliphatic hydroxyl groups is 3. The summed E-state index contributed by atoms with van der Waals surface area (Å²) in [5.41, 5.74) is 6.26. The van der Waals surface area contributed by atoms with Crippen LogP contribution in [0.4, 0.5) is 4.79 Å². The Labute approximate surface area is 315 Å². The predicted molar refractivity (Wildman–Crippen MR) is 213 cm³/mol. The van der Waals surface area contributed by atoms with E-state index in [4.69, 9.17) is 15.2 Å². The molecule has 304 valence electrons. The van der Waals surface area contributed by atoms with E-state index in [9.17, 15) is 20.1 Å². The van der Waals surface area contributed by atoms with Crippen molar-refractivity contribution in [2.75, 3.05) is 19.8 Å². The molecular formula is C43H86N2O6. The van der Waals surface area contributed by atoms with Gasteiger partial charge >= 0.3 is 6.09 Å². The highest BCUT2D eigenvalue weighted by molar-refractivity contribution is 5.68. The summed E-state index contributed by atoms with van der Waals surface area (Å²) in [6, 6.07) is -0.994. The Morgan fingerprint density at radius 2 is 0.882 bits per heavy atom. The van der Waals surface area contributed by atoms with Gasteiger partial charge in [0.25, 0.3) is 0 Å². The second kappa shape index (κ2) is 34.8. The zero-order valence-electron chi connectivity index (χ0n) is 33.7. The molecule has 1 fully saturated rings. The van der Waals surface area contributed by atoms with Gasteiger partial charge in [-0.15, -0.1) is 0 Å². The predicted octanol–water partition coefficient (Wildman–Crippen LogP) is 10.7. The first-order valence-corrected chi connectivity index (χ1v) is 22.3. The smallest absolute Gasteiger partial charge is 0.411 e. The average Bonchev–Trinajstić information content (AvgIpc) is 3.13. The summed E-state index contributed by atoms with van der Waals surface area (Å²) >= 11 is 0. The van der Waals surface area contributed by atoms with E-state index in [-0.39, 0.29) is 0 Å². The van der Waals surface area contributed by atoms with Gasteiger partial charge in [-0.25, -0.2) is 4.79 Å². The number of aliphatic hydroxyl groups excluding tert-OH is 3. The Balaban J connectivity index is 2.24. The molecule has 1 rings (SSSR count). The minimum atomic E-state index is -1.31. The third-order valence-electron chi connectivity index (χ3n) is 11.0. The summed E-state index contributed by atoms with van der Waals surface area (Å²) in [4.78, 5) is 14.8. The van der Waals surface area contributed by atoms with Gasteiger partial charge in [-0.2, -0.15) is 0 Å². The second-order valence-corrected chi connectivity index (χ2v) is 15.7. The summed E-state index contributed by atoms with van der Waals surface area (Å²) < 4.78 is 11.6. The number of carbonyl (C=O) groups excluding carboxylic acids is 1. The van der Waals surface area contributed by atoms with Gasteiger partial charge in [-0.05, 0) is 12.8 Å². The molecule has 5 N–H and O–H groups in total. The number of amides is 1. The maximum atomic E-state index is 13.3. The lowest BCUT2D eigenvalue weighted by atomic mass is 9.96. The van der Waals surface area contributed by atoms with Crippen LogP contribution in [0.2, 0.25) is 0 Å². The monoisotopic (exact) mass is 727 g/mol. The third-order valence-corrected chi connectivity index (χ3v) is 11.0. The van der Waals surface area contributed by atoms with Gasteiger partial charge in [-0.1, -0.05) is 206 Å². The number of ether oxygens (including phenoxy) is 2. The molecule has 0 saturated carbocycles. The van der Waals surface area contributed by atoms with Crippen LogP contribution in [0.1, 0.15) is 219 Å². The molecule has 0 bridgehead atoms. The Morgan fingerprint density at radius 1 is 0.549 bits per heavy atom.